The highest BCUT2D eigenvalue weighted by atomic mass is 19.1. The Bertz CT molecular complexity index is 472. The molecule has 1 fully saturated rings. The Morgan fingerprint density at radius 3 is 2.80 bits per heavy atom. The number of likely N-dealkylation sites (N-methyl/N-ethyl adjacent to an activating group) is 1. The number of hydrogen-bond acceptors (Lipinski definition) is 3. The van der Waals surface area contributed by atoms with Crippen LogP contribution in [0, 0.1) is 5.82 Å². The van der Waals surface area contributed by atoms with Crippen LogP contribution >= 0.6 is 0 Å². The van der Waals surface area contributed by atoms with Crippen LogP contribution in [0.1, 0.15) is 36.0 Å². The number of halogens is 1. The molecule has 0 radical (unpaired) electrons. The van der Waals surface area contributed by atoms with E-state index < -0.39 is 5.82 Å². The summed E-state index contributed by atoms with van der Waals surface area (Å²) < 4.78 is 13.0. The summed E-state index contributed by atoms with van der Waals surface area (Å²) in [7, 11) is 2.10. The van der Waals surface area contributed by atoms with E-state index in [-0.39, 0.29) is 11.6 Å². The molecule has 0 unspecified atom stereocenters. The minimum absolute atomic E-state index is 0.000670. The van der Waals surface area contributed by atoms with Gasteiger partial charge in [0.05, 0.1) is 5.69 Å². The second kappa shape index (κ2) is 6.70. The van der Waals surface area contributed by atoms with Gasteiger partial charge in [-0.2, -0.15) is 0 Å². The first-order chi connectivity index (χ1) is 9.58. The lowest BCUT2D eigenvalue weighted by Crippen LogP contribution is -2.37. The van der Waals surface area contributed by atoms with E-state index in [1.165, 1.54) is 43.9 Å². The molecule has 20 heavy (non-hydrogen) atoms. The number of nitrogen functional groups attached to an aromatic ring is 1. The maximum Gasteiger partial charge on any atom is 0.251 e. The van der Waals surface area contributed by atoms with E-state index in [1.54, 1.807) is 0 Å². The van der Waals surface area contributed by atoms with E-state index in [0.717, 1.165) is 6.54 Å². The Kier molecular flexibility index (Phi) is 4.95. The Hall–Kier alpha value is -1.62. The lowest BCUT2D eigenvalue weighted by Gasteiger charge is -2.23. The second-order valence-electron chi connectivity index (χ2n) is 5.41. The number of nitrogens with two attached hydrogens (primary N) is 1. The molecule has 0 spiro atoms. The van der Waals surface area contributed by atoms with E-state index in [9.17, 15) is 9.18 Å². The molecular weight excluding hydrogens is 257 g/mol. The van der Waals surface area contributed by atoms with Crippen molar-refractivity contribution < 1.29 is 9.18 Å². The quantitative estimate of drug-likeness (QED) is 0.811. The van der Waals surface area contributed by atoms with Crippen molar-refractivity contribution in [2.45, 2.75) is 31.7 Å². The van der Waals surface area contributed by atoms with Crippen molar-refractivity contribution in [3.8, 4) is 0 Å². The van der Waals surface area contributed by atoms with Crippen molar-refractivity contribution in [1.29, 1.82) is 0 Å². The van der Waals surface area contributed by atoms with Crippen LogP contribution in [-0.2, 0) is 0 Å². The van der Waals surface area contributed by atoms with E-state index in [1.807, 2.05) is 0 Å². The molecule has 0 saturated heterocycles. The van der Waals surface area contributed by atoms with Gasteiger partial charge in [-0.15, -0.1) is 0 Å². The lowest BCUT2D eigenvalue weighted by molar-refractivity contribution is 0.0947. The van der Waals surface area contributed by atoms with Crippen molar-refractivity contribution in [3.63, 3.8) is 0 Å². The summed E-state index contributed by atoms with van der Waals surface area (Å²) in [6, 6.07) is 4.68. The molecule has 1 amide bonds. The van der Waals surface area contributed by atoms with Crippen molar-refractivity contribution in [1.82, 2.24) is 10.2 Å². The molecule has 1 saturated carbocycles. The minimum atomic E-state index is -0.498. The molecule has 1 aliphatic rings. The Morgan fingerprint density at radius 2 is 2.15 bits per heavy atom. The molecule has 1 aromatic carbocycles. The van der Waals surface area contributed by atoms with Gasteiger partial charge in [0.15, 0.2) is 0 Å². The summed E-state index contributed by atoms with van der Waals surface area (Å²) in [5.74, 6) is -0.709. The zero-order valence-corrected chi connectivity index (χ0v) is 11.9. The Balaban J connectivity index is 1.78. The smallest absolute Gasteiger partial charge is 0.251 e. The van der Waals surface area contributed by atoms with Crippen LogP contribution in [0.5, 0.6) is 0 Å². The molecule has 1 aromatic rings. The van der Waals surface area contributed by atoms with E-state index in [0.29, 0.717) is 18.2 Å². The standard InChI is InChI=1S/C15H22FN3O/c1-19(12-4-2-3-5-12)9-8-18-15(20)11-6-7-13(16)14(17)10-11/h6-7,10,12H,2-5,8-9,17H2,1H3,(H,18,20). The van der Waals surface area contributed by atoms with Gasteiger partial charge in [-0.25, -0.2) is 4.39 Å². The van der Waals surface area contributed by atoms with Gasteiger partial charge >= 0.3 is 0 Å². The van der Waals surface area contributed by atoms with Crippen LogP contribution in [0.2, 0.25) is 0 Å². The molecule has 2 rings (SSSR count). The van der Waals surface area contributed by atoms with Gasteiger partial charge in [0.1, 0.15) is 5.82 Å². The van der Waals surface area contributed by atoms with Gasteiger partial charge in [-0.3, -0.25) is 4.79 Å². The number of rotatable bonds is 5. The van der Waals surface area contributed by atoms with E-state index in [2.05, 4.69) is 17.3 Å². The third kappa shape index (κ3) is 3.70. The van der Waals surface area contributed by atoms with Crippen LogP contribution in [0.25, 0.3) is 0 Å². The molecular formula is C15H22FN3O. The summed E-state index contributed by atoms with van der Waals surface area (Å²) in [6.07, 6.45) is 5.10. The molecule has 110 valence electrons. The molecule has 1 aliphatic carbocycles. The topological polar surface area (TPSA) is 58.4 Å². The minimum Gasteiger partial charge on any atom is -0.396 e. The number of anilines is 1. The highest BCUT2D eigenvalue weighted by Gasteiger charge is 2.19. The van der Waals surface area contributed by atoms with Gasteiger partial charge in [0.25, 0.3) is 5.91 Å². The number of carbonyl (C=O) groups is 1. The first-order valence-corrected chi connectivity index (χ1v) is 7.11. The first-order valence-electron chi connectivity index (χ1n) is 7.11. The van der Waals surface area contributed by atoms with Gasteiger partial charge in [-0.05, 0) is 38.1 Å². The van der Waals surface area contributed by atoms with Gasteiger partial charge in [0, 0.05) is 24.7 Å². The third-order valence-electron chi connectivity index (χ3n) is 3.96. The molecule has 0 aliphatic heterocycles. The largest absolute Gasteiger partial charge is 0.396 e. The number of nitrogens with one attached hydrogen (secondary N) is 1. The molecule has 3 N–H and O–H groups in total. The lowest BCUT2D eigenvalue weighted by atomic mass is 10.2. The van der Waals surface area contributed by atoms with Crippen molar-refractivity contribution in [2.24, 2.45) is 0 Å². The number of benzene rings is 1. The molecule has 0 aromatic heterocycles. The molecule has 0 atom stereocenters. The number of hydrogen-bond donors (Lipinski definition) is 2. The first kappa shape index (κ1) is 14.8. The normalized spacial score (nSPS) is 15.8. The number of nitrogens with zero attached hydrogens (tertiary/aromatic N) is 1. The van der Waals surface area contributed by atoms with Crippen LogP contribution in [-0.4, -0.2) is 37.0 Å². The van der Waals surface area contributed by atoms with Crippen molar-refractivity contribution in [3.05, 3.63) is 29.6 Å². The molecule has 0 heterocycles. The third-order valence-corrected chi connectivity index (χ3v) is 3.96. The second-order valence-corrected chi connectivity index (χ2v) is 5.41. The maximum atomic E-state index is 13.0. The highest BCUT2D eigenvalue weighted by molar-refractivity contribution is 5.95. The fourth-order valence-electron chi connectivity index (χ4n) is 2.66. The maximum absolute atomic E-state index is 13.0. The number of carbonyl (C=O) groups excluding carboxylic acids is 1. The van der Waals surface area contributed by atoms with Crippen LogP contribution in [0.4, 0.5) is 10.1 Å². The van der Waals surface area contributed by atoms with Crippen molar-refractivity contribution >= 4 is 11.6 Å². The van der Waals surface area contributed by atoms with Crippen LogP contribution in [0.15, 0.2) is 18.2 Å². The summed E-state index contributed by atoms with van der Waals surface area (Å²) in [5.41, 5.74) is 5.85. The Morgan fingerprint density at radius 1 is 1.45 bits per heavy atom. The summed E-state index contributed by atoms with van der Waals surface area (Å²) >= 11 is 0. The summed E-state index contributed by atoms with van der Waals surface area (Å²) in [4.78, 5) is 14.2. The van der Waals surface area contributed by atoms with E-state index >= 15 is 0 Å². The molecule has 0 bridgehead atoms. The summed E-state index contributed by atoms with van der Waals surface area (Å²) in [6.45, 7) is 1.41. The van der Waals surface area contributed by atoms with Gasteiger partial charge in [0.2, 0.25) is 0 Å². The number of amides is 1. The van der Waals surface area contributed by atoms with Crippen molar-refractivity contribution in [2.75, 3.05) is 25.9 Å². The average Bonchev–Trinajstić information content (AvgIpc) is 2.95. The zero-order chi connectivity index (χ0) is 14.5. The fraction of sp³-hybridized carbons (Fsp3) is 0.533. The fourth-order valence-corrected chi connectivity index (χ4v) is 2.66. The Labute approximate surface area is 119 Å². The molecule has 5 heteroatoms. The highest BCUT2D eigenvalue weighted by Crippen LogP contribution is 2.21. The SMILES string of the molecule is CN(CCNC(=O)c1ccc(F)c(N)c1)C1CCCC1. The van der Waals surface area contributed by atoms with Crippen LogP contribution in [0.3, 0.4) is 0 Å². The predicted molar refractivity (Wildman–Crippen MR) is 78.0 cm³/mol. The predicted octanol–water partition coefficient (Wildman–Crippen LogP) is 2.01. The van der Waals surface area contributed by atoms with Gasteiger partial charge < -0.3 is 16.0 Å². The average molecular weight is 279 g/mol. The monoisotopic (exact) mass is 279 g/mol. The summed E-state index contributed by atoms with van der Waals surface area (Å²) in [5, 5.41) is 2.84. The van der Waals surface area contributed by atoms with Crippen LogP contribution < -0.4 is 11.1 Å². The zero-order valence-electron chi connectivity index (χ0n) is 11.9. The van der Waals surface area contributed by atoms with Gasteiger partial charge in [-0.1, -0.05) is 12.8 Å². The van der Waals surface area contributed by atoms with E-state index in [4.69, 9.17) is 5.73 Å². The molecule has 4 nitrogen and oxygen atoms in total.